The molecule has 0 amide bonds. The maximum Gasteiger partial charge on any atom is 0.0108 e. The van der Waals surface area contributed by atoms with Crippen LogP contribution < -0.4 is 0 Å². The van der Waals surface area contributed by atoms with Gasteiger partial charge in [-0.3, -0.25) is 0 Å². The molecular formula is C12H15ClTi. The minimum atomic E-state index is 0. The second-order valence-corrected chi connectivity index (χ2v) is 3.09. The van der Waals surface area contributed by atoms with Crippen molar-refractivity contribution in [2.75, 3.05) is 6.38 Å². The van der Waals surface area contributed by atoms with Crippen molar-refractivity contribution in [2.24, 2.45) is 0 Å². The first-order valence-corrected chi connectivity index (χ1v) is 5.28. The van der Waals surface area contributed by atoms with Gasteiger partial charge in [0.2, 0.25) is 0 Å². The molecule has 0 aromatic carbocycles. The molecule has 0 unspecified atom stereocenters. The second-order valence-electron chi connectivity index (χ2n) is 3.09. The third-order valence-electron chi connectivity index (χ3n) is 2.15. The Labute approximate surface area is 106 Å². The molecule has 0 fully saturated rings. The predicted octanol–water partition coefficient (Wildman–Crippen LogP) is 4.00. The molecule has 2 rings (SSSR count). The summed E-state index contributed by atoms with van der Waals surface area (Å²) in [6, 6.07) is 0. The fraction of sp³-hybridized carbons (Fsp3) is 0.333. The molecule has 0 atom stereocenters. The van der Waals surface area contributed by atoms with E-state index in [4.69, 9.17) is 0 Å². The molecule has 0 saturated carbocycles. The average Bonchev–Trinajstić information content (AvgIpc) is 2.81. The number of halogens is 1. The van der Waals surface area contributed by atoms with Gasteiger partial charge in [0.1, 0.15) is 0 Å². The van der Waals surface area contributed by atoms with E-state index >= 15 is 0 Å². The molecule has 14 heavy (non-hydrogen) atoms. The summed E-state index contributed by atoms with van der Waals surface area (Å²) in [4.78, 5) is 0. The zero-order valence-corrected chi connectivity index (χ0v) is 10.8. The summed E-state index contributed by atoms with van der Waals surface area (Å²) in [7, 11) is 0. The third kappa shape index (κ3) is 4.46. The van der Waals surface area contributed by atoms with Crippen molar-refractivity contribution < 1.29 is 21.7 Å². The maximum atomic E-state index is 4.64. The van der Waals surface area contributed by atoms with Crippen LogP contribution in [0.2, 0.25) is 0 Å². The van der Waals surface area contributed by atoms with Crippen LogP contribution in [0.3, 0.4) is 0 Å². The van der Waals surface area contributed by atoms with Crippen molar-refractivity contribution in [3.8, 4) is 0 Å². The van der Waals surface area contributed by atoms with Gasteiger partial charge in [-0.15, -0.1) is 11.6 Å². The van der Waals surface area contributed by atoms with E-state index in [0.29, 0.717) is 0 Å². The Bertz CT molecular complexity index is 244. The van der Waals surface area contributed by atoms with Crippen LogP contribution in [0.4, 0.5) is 0 Å². The first-order valence-electron chi connectivity index (χ1n) is 4.52. The smallest absolute Gasteiger partial charge is 0.0108 e. The summed E-state index contributed by atoms with van der Waals surface area (Å²) in [5, 5.41) is 0. The Hall–Kier alpha value is -0.0357. The summed E-state index contributed by atoms with van der Waals surface area (Å²) in [6.45, 7) is 0. The molecule has 0 radical (unpaired) electrons. The first-order chi connectivity index (χ1) is 6.45. The third-order valence-corrected chi connectivity index (χ3v) is 2.15. The van der Waals surface area contributed by atoms with Crippen molar-refractivity contribution in [1.82, 2.24) is 0 Å². The summed E-state index contributed by atoms with van der Waals surface area (Å²) in [5.74, 6) is 0. The SMILES string of the molecule is C1=CCC(CC2=CC=CC2)=C1.CCl.[Ti]. The number of hydrogen-bond donors (Lipinski definition) is 0. The number of allylic oxidation sites excluding steroid dienone is 8. The van der Waals surface area contributed by atoms with Gasteiger partial charge in [0.25, 0.3) is 0 Å². The topological polar surface area (TPSA) is 0 Å². The molecule has 0 aromatic heterocycles. The van der Waals surface area contributed by atoms with E-state index in [1.165, 1.54) is 12.8 Å². The molecule has 0 spiro atoms. The molecule has 0 bridgehead atoms. The van der Waals surface area contributed by atoms with E-state index in [0.717, 1.165) is 12.8 Å². The molecule has 2 aliphatic rings. The normalized spacial score (nSPS) is 16.7. The van der Waals surface area contributed by atoms with Gasteiger partial charge < -0.3 is 0 Å². The summed E-state index contributed by atoms with van der Waals surface area (Å²) < 4.78 is 0. The van der Waals surface area contributed by atoms with Crippen LogP contribution in [0, 0.1) is 0 Å². The van der Waals surface area contributed by atoms with Crippen LogP contribution in [0.15, 0.2) is 47.6 Å². The van der Waals surface area contributed by atoms with E-state index in [1.807, 2.05) is 0 Å². The van der Waals surface area contributed by atoms with E-state index in [9.17, 15) is 0 Å². The van der Waals surface area contributed by atoms with Crippen LogP contribution in [-0.2, 0) is 21.7 Å². The number of rotatable bonds is 2. The number of alkyl halides is 1. The van der Waals surface area contributed by atoms with Crippen LogP contribution in [0.25, 0.3) is 0 Å². The molecule has 0 aromatic rings. The molecule has 0 N–H and O–H groups in total. The average molecular weight is 243 g/mol. The zero-order chi connectivity index (χ0) is 9.52. The molecular weight excluding hydrogens is 227 g/mol. The van der Waals surface area contributed by atoms with Crippen LogP contribution in [0.5, 0.6) is 0 Å². The van der Waals surface area contributed by atoms with Crippen LogP contribution >= 0.6 is 11.6 Å². The molecule has 74 valence electrons. The fourth-order valence-corrected chi connectivity index (χ4v) is 1.54. The van der Waals surface area contributed by atoms with Gasteiger partial charge in [0.05, 0.1) is 0 Å². The van der Waals surface area contributed by atoms with E-state index in [1.54, 1.807) is 11.1 Å². The van der Waals surface area contributed by atoms with Gasteiger partial charge in [-0.05, 0) is 19.3 Å². The van der Waals surface area contributed by atoms with Crippen molar-refractivity contribution in [2.45, 2.75) is 19.3 Å². The Morgan fingerprint density at radius 3 is 1.71 bits per heavy atom. The van der Waals surface area contributed by atoms with Crippen LogP contribution in [-0.4, -0.2) is 6.38 Å². The summed E-state index contributed by atoms with van der Waals surface area (Å²) in [6.07, 6.45) is 18.2. The summed E-state index contributed by atoms with van der Waals surface area (Å²) >= 11 is 4.64. The van der Waals surface area contributed by atoms with Crippen molar-refractivity contribution >= 4 is 11.6 Å². The Kier molecular flexibility index (Phi) is 8.27. The number of hydrogen-bond acceptors (Lipinski definition) is 0. The molecule has 0 heterocycles. The van der Waals surface area contributed by atoms with Gasteiger partial charge in [-0.25, -0.2) is 0 Å². The molecule has 2 aliphatic carbocycles. The Morgan fingerprint density at radius 2 is 1.43 bits per heavy atom. The molecule has 0 saturated heterocycles. The molecule has 0 nitrogen and oxygen atoms in total. The summed E-state index contributed by atoms with van der Waals surface area (Å²) in [5.41, 5.74) is 3.11. The minimum absolute atomic E-state index is 0. The van der Waals surface area contributed by atoms with Crippen molar-refractivity contribution in [1.29, 1.82) is 0 Å². The predicted molar refractivity (Wildman–Crippen MR) is 60.1 cm³/mol. The largest absolute Gasteiger partial charge is 0.130 e. The fourth-order valence-electron chi connectivity index (χ4n) is 1.54. The molecule has 2 heteroatoms. The van der Waals surface area contributed by atoms with Crippen molar-refractivity contribution in [3.05, 3.63) is 47.6 Å². The quantitative estimate of drug-likeness (QED) is 0.507. The Balaban J connectivity index is 0.000000531. The Morgan fingerprint density at radius 1 is 1.00 bits per heavy atom. The minimum Gasteiger partial charge on any atom is -0.130 e. The van der Waals surface area contributed by atoms with Gasteiger partial charge in [-0.1, -0.05) is 47.6 Å². The van der Waals surface area contributed by atoms with E-state index < -0.39 is 0 Å². The van der Waals surface area contributed by atoms with Gasteiger partial charge in [0.15, 0.2) is 0 Å². The van der Waals surface area contributed by atoms with Crippen molar-refractivity contribution in [3.63, 3.8) is 0 Å². The monoisotopic (exact) mass is 242 g/mol. The van der Waals surface area contributed by atoms with Gasteiger partial charge >= 0.3 is 0 Å². The molecule has 0 aliphatic heterocycles. The van der Waals surface area contributed by atoms with E-state index in [2.05, 4.69) is 48.1 Å². The van der Waals surface area contributed by atoms with Gasteiger partial charge in [-0.2, -0.15) is 0 Å². The standard InChI is InChI=1S/C11H12.CH3Cl.Ti/c1-2-6-10(5-1)9-11-7-3-4-8-11;1-2;/h1-5,7H,6,8-9H2;1H3;. The zero-order valence-electron chi connectivity index (χ0n) is 8.46. The first kappa shape index (κ1) is 14.0. The van der Waals surface area contributed by atoms with Gasteiger partial charge in [0, 0.05) is 28.1 Å². The van der Waals surface area contributed by atoms with E-state index in [-0.39, 0.29) is 21.7 Å². The van der Waals surface area contributed by atoms with Crippen LogP contribution in [0.1, 0.15) is 19.3 Å². The second kappa shape index (κ2) is 8.29. The maximum absolute atomic E-state index is 4.64.